The Morgan fingerprint density at radius 2 is 1.63 bits per heavy atom. The van der Waals surface area contributed by atoms with E-state index in [0.717, 1.165) is 5.02 Å². The molecule has 1 aliphatic rings. The maximum absolute atomic E-state index is 5.99. The molecule has 0 amide bonds. The minimum atomic E-state index is 0.486. The van der Waals surface area contributed by atoms with Gasteiger partial charge in [0.25, 0.3) is 0 Å². The van der Waals surface area contributed by atoms with Crippen molar-refractivity contribution in [2.24, 2.45) is 0 Å². The average molecular weight is 272 g/mol. The van der Waals surface area contributed by atoms with Crippen LogP contribution in [-0.2, 0) is 0 Å². The summed E-state index contributed by atoms with van der Waals surface area (Å²) in [7, 11) is 2.05. The smallest absolute Gasteiger partial charge is 0.0406 e. The Labute approximate surface area is 119 Å². The van der Waals surface area contributed by atoms with Crippen LogP contribution >= 0.6 is 11.6 Å². The summed E-state index contributed by atoms with van der Waals surface area (Å²) in [5.74, 6) is 0.498. The highest BCUT2D eigenvalue weighted by atomic mass is 35.5. The quantitative estimate of drug-likeness (QED) is 0.846. The summed E-state index contributed by atoms with van der Waals surface area (Å²) in [5, 5.41) is 4.23. The monoisotopic (exact) mass is 271 g/mol. The summed E-state index contributed by atoms with van der Waals surface area (Å²) in [6, 6.07) is 17.6. The number of benzene rings is 2. The van der Waals surface area contributed by atoms with E-state index in [1.807, 2.05) is 19.2 Å². The van der Waals surface area contributed by atoms with Crippen LogP contribution in [0.3, 0.4) is 0 Å². The van der Waals surface area contributed by atoms with Crippen LogP contribution in [0.25, 0.3) is 0 Å². The van der Waals surface area contributed by atoms with Crippen LogP contribution in [-0.4, -0.2) is 7.05 Å². The van der Waals surface area contributed by atoms with Gasteiger partial charge < -0.3 is 5.32 Å². The molecule has 0 saturated heterocycles. The summed E-state index contributed by atoms with van der Waals surface area (Å²) < 4.78 is 0. The zero-order valence-corrected chi connectivity index (χ0v) is 11.8. The number of fused-ring (bicyclic) bond motifs is 1. The largest absolute Gasteiger partial charge is 0.313 e. The molecule has 0 heterocycles. The molecular weight excluding hydrogens is 254 g/mol. The predicted octanol–water partition coefficient (Wildman–Crippen LogP) is 4.53. The van der Waals surface area contributed by atoms with Crippen molar-refractivity contribution in [3.8, 4) is 0 Å². The molecule has 1 aliphatic carbocycles. The number of rotatable bonds is 2. The van der Waals surface area contributed by atoms with Crippen molar-refractivity contribution >= 4 is 11.6 Å². The molecule has 0 aliphatic heterocycles. The second-order valence-corrected chi connectivity index (χ2v) is 5.59. The lowest BCUT2D eigenvalue weighted by molar-refractivity contribution is 0.471. The molecule has 2 unspecified atom stereocenters. The van der Waals surface area contributed by atoms with Crippen LogP contribution in [0.15, 0.2) is 48.5 Å². The van der Waals surface area contributed by atoms with Gasteiger partial charge in [-0.1, -0.05) is 48.0 Å². The number of hydrogen-bond donors (Lipinski definition) is 1. The number of nitrogens with one attached hydrogen (secondary N) is 1. The second-order valence-electron chi connectivity index (χ2n) is 5.15. The fourth-order valence-corrected chi connectivity index (χ4v) is 3.26. The topological polar surface area (TPSA) is 12.0 Å². The van der Waals surface area contributed by atoms with Gasteiger partial charge in [0.15, 0.2) is 0 Å². The molecule has 0 radical (unpaired) electrons. The zero-order valence-electron chi connectivity index (χ0n) is 11.1. The fourth-order valence-electron chi connectivity index (χ4n) is 3.13. The third kappa shape index (κ3) is 2.41. The minimum Gasteiger partial charge on any atom is -0.313 e. The van der Waals surface area contributed by atoms with Crippen LogP contribution in [0.4, 0.5) is 0 Å². The van der Waals surface area contributed by atoms with E-state index in [1.54, 1.807) is 0 Å². The molecule has 2 heteroatoms. The maximum atomic E-state index is 5.99. The minimum absolute atomic E-state index is 0.486. The van der Waals surface area contributed by atoms with Crippen LogP contribution < -0.4 is 5.32 Å². The van der Waals surface area contributed by atoms with E-state index in [-0.39, 0.29) is 0 Å². The van der Waals surface area contributed by atoms with Crippen molar-refractivity contribution in [3.05, 3.63) is 70.2 Å². The van der Waals surface area contributed by atoms with Gasteiger partial charge >= 0.3 is 0 Å². The molecule has 1 N–H and O–H groups in total. The lowest BCUT2D eigenvalue weighted by atomic mass is 9.77. The van der Waals surface area contributed by atoms with E-state index in [1.165, 1.54) is 29.5 Å². The Balaban J connectivity index is 2.02. The average Bonchev–Trinajstić information content (AvgIpc) is 2.47. The standard InChI is InChI=1S/C17H18ClN/c1-19-17-11-10-14(12-6-8-13(18)9-7-12)15-4-2-3-5-16(15)17/h2-9,14,17,19H,10-11H2,1H3. The fraction of sp³-hybridized carbons (Fsp3) is 0.294. The number of hydrogen-bond acceptors (Lipinski definition) is 1. The molecule has 2 aromatic carbocycles. The molecule has 3 rings (SSSR count). The molecule has 1 nitrogen and oxygen atoms in total. The molecule has 0 fully saturated rings. The zero-order chi connectivity index (χ0) is 13.2. The SMILES string of the molecule is CNC1CCC(c2ccc(Cl)cc2)c2ccccc21. The van der Waals surface area contributed by atoms with Gasteiger partial charge in [0.05, 0.1) is 0 Å². The predicted molar refractivity (Wildman–Crippen MR) is 80.8 cm³/mol. The number of halogens is 1. The van der Waals surface area contributed by atoms with Crippen molar-refractivity contribution in [1.82, 2.24) is 5.32 Å². The van der Waals surface area contributed by atoms with Crippen molar-refractivity contribution in [2.75, 3.05) is 7.05 Å². The van der Waals surface area contributed by atoms with Crippen molar-refractivity contribution in [2.45, 2.75) is 24.8 Å². The van der Waals surface area contributed by atoms with E-state index in [0.29, 0.717) is 12.0 Å². The van der Waals surface area contributed by atoms with Crippen LogP contribution in [0.5, 0.6) is 0 Å². The lowest BCUT2D eigenvalue weighted by Crippen LogP contribution is -2.24. The molecule has 2 aromatic rings. The Morgan fingerprint density at radius 3 is 2.32 bits per heavy atom. The highest BCUT2D eigenvalue weighted by Crippen LogP contribution is 2.41. The van der Waals surface area contributed by atoms with Crippen LogP contribution in [0.2, 0.25) is 5.02 Å². The molecule has 0 bridgehead atoms. The van der Waals surface area contributed by atoms with Gasteiger partial charge in [0, 0.05) is 17.0 Å². The van der Waals surface area contributed by atoms with Gasteiger partial charge in [-0.05, 0) is 48.7 Å². The Kier molecular flexibility index (Phi) is 3.58. The van der Waals surface area contributed by atoms with E-state index in [2.05, 4.69) is 41.7 Å². The first kappa shape index (κ1) is 12.7. The first-order valence-corrected chi connectivity index (χ1v) is 7.19. The Hall–Kier alpha value is -1.31. The molecule has 98 valence electrons. The van der Waals surface area contributed by atoms with E-state index in [4.69, 9.17) is 11.6 Å². The van der Waals surface area contributed by atoms with Gasteiger partial charge in [-0.25, -0.2) is 0 Å². The van der Waals surface area contributed by atoms with Crippen molar-refractivity contribution in [1.29, 1.82) is 0 Å². The van der Waals surface area contributed by atoms with E-state index < -0.39 is 0 Å². The van der Waals surface area contributed by atoms with Gasteiger partial charge in [-0.3, -0.25) is 0 Å². The normalized spacial score (nSPS) is 22.0. The summed E-state index contributed by atoms with van der Waals surface area (Å²) in [6.45, 7) is 0. The highest BCUT2D eigenvalue weighted by molar-refractivity contribution is 6.30. The summed E-state index contributed by atoms with van der Waals surface area (Å²) in [5.41, 5.74) is 4.26. The van der Waals surface area contributed by atoms with Gasteiger partial charge in [-0.2, -0.15) is 0 Å². The van der Waals surface area contributed by atoms with Crippen LogP contribution in [0, 0.1) is 0 Å². The van der Waals surface area contributed by atoms with E-state index in [9.17, 15) is 0 Å². The van der Waals surface area contributed by atoms with Gasteiger partial charge in [0.2, 0.25) is 0 Å². The van der Waals surface area contributed by atoms with Gasteiger partial charge in [0.1, 0.15) is 0 Å². The van der Waals surface area contributed by atoms with Crippen molar-refractivity contribution < 1.29 is 0 Å². The molecule has 0 spiro atoms. The third-order valence-corrected chi connectivity index (χ3v) is 4.36. The Bertz CT molecular complexity index is 562. The van der Waals surface area contributed by atoms with Crippen molar-refractivity contribution in [3.63, 3.8) is 0 Å². The van der Waals surface area contributed by atoms with E-state index >= 15 is 0 Å². The maximum Gasteiger partial charge on any atom is 0.0406 e. The first-order chi connectivity index (χ1) is 9.29. The Morgan fingerprint density at radius 1 is 0.947 bits per heavy atom. The lowest BCUT2D eigenvalue weighted by Gasteiger charge is -2.31. The molecular formula is C17H18ClN. The summed E-state index contributed by atoms with van der Waals surface area (Å²) in [4.78, 5) is 0. The summed E-state index contributed by atoms with van der Waals surface area (Å²) in [6.07, 6.45) is 2.37. The highest BCUT2D eigenvalue weighted by Gasteiger charge is 2.26. The summed E-state index contributed by atoms with van der Waals surface area (Å²) >= 11 is 5.99. The molecule has 0 saturated carbocycles. The van der Waals surface area contributed by atoms with Gasteiger partial charge in [-0.15, -0.1) is 0 Å². The molecule has 2 atom stereocenters. The van der Waals surface area contributed by atoms with Crippen LogP contribution in [0.1, 0.15) is 41.5 Å². The second kappa shape index (κ2) is 5.36. The third-order valence-electron chi connectivity index (χ3n) is 4.11. The molecule has 0 aromatic heterocycles. The first-order valence-electron chi connectivity index (χ1n) is 6.81. The molecule has 19 heavy (non-hydrogen) atoms.